The molecule has 16 heteroatoms. The summed E-state index contributed by atoms with van der Waals surface area (Å²) in [6, 6.07) is 9.17. The number of nitro benzene ring substituents is 2. The van der Waals surface area contributed by atoms with Crippen molar-refractivity contribution in [2.45, 2.75) is 80.6 Å². The molecule has 0 heterocycles. The smallest absolute Gasteiger partial charge is 0.336 e. The van der Waals surface area contributed by atoms with Crippen molar-refractivity contribution in [3.8, 4) is 0 Å². The second kappa shape index (κ2) is 16.8. The molecule has 0 aromatic heterocycles. The molecule has 0 aliphatic carbocycles. The van der Waals surface area contributed by atoms with Crippen LogP contribution in [-0.2, 0) is 38.1 Å². The minimum absolute atomic E-state index is 0.00401. The van der Waals surface area contributed by atoms with Crippen molar-refractivity contribution < 1.29 is 44.6 Å². The molecule has 0 spiro atoms. The number of ether oxygens (including phenoxy) is 1. The molecule has 2 aromatic rings. The van der Waals surface area contributed by atoms with Gasteiger partial charge in [0.2, 0.25) is 0 Å². The van der Waals surface area contributed by atoms with Gasteiger partial charge in [0.25, 0.3) is 11.4 Å². The van der Waals surface area contributed by atoms with E-state index in [2.05, 4.69) is 6.92 Å². The van der Waals surface area contributed by atoms with E-state index in [-0.39, 0.29) is 25.9 Å². The van der Waals surface area contributed by atoms with Gasteiger partial charge < -0.3 is 4.74 Å². The monoisotopic (exact) mass is 630 g/mol. The molecule has 232 valence electrons. The fourth-order valence-electron chi connectivity index (χ4n) is 3.86. The molecule has 0 saturated carbocycles. The van der Waals surface area contributed by atoms with E-state index in [9.17, 15) is 41.9 Å². The maximum absolute atomic E-state index is 12.9. The van der Waals surface area contributed by atoms with Gasteiger partial charge in [-0.25, -0.2) is 4.79 Å². The van der Waals surface area contributed by atoms with Crippen LogP contribution in [0.4, 0.5) is 11.4 Å². The van der Waals surface area contributed by atoms with Crippen LogP contribution in [0.15, 0.2) is 58.3 Å². The summed E-state index contributed by atoms with van der Waals surface area (Å²) < 4.78 is 66.0. The molecule has 0 N–H and O–H groups in total. The van der Waals surface area contributed by atoms with Gasteiger partial charge in [-0.3, -0.25) is 28.6 Å². The van der Waals surface area contributed by atoms with Crippen molar-refractivity contribution in [1.82, 2.24) is 0 Å². The zero-order chi connectivity index (χ0) is 31.2. The van der Waals surface area contributed by atoms with E-state index < -0.39 is 69.9 Å². The predicted molar refractivity (Wildman–Crippen MR) is 150 cm³/mol. The molecule has 2 aromatic carbocycles. The highest BCUT2D eigenvalue weighted by Gasteiger charge is 2.33. The zero-order valence-corrected chi connectivity index (χ0v) is 24.7. The van der Waals surface area contributed by atoms with Gasteiger partial charge in [0.1, 0.15) is 0 Å². The van der Waals surface area contributed by atoms with Gasteiger partial charge in [0, 0.05) is 12.1 Å². The first-order valence-electron chi connectivity index (χ1n) is 13.4. The lowest BCUT2D eigenvalue weighted by molar-refractivity contribution is -0.388. The number of hydrogen-bond acceptors (Lipinski definition) is 12. The number of carbonyl (C=O) groups is 1. The Balaban J connectivity index is 2.06. The van der Waals surface area contributed by atoms with Gasteiger partial charge in [-0.05, 0) is 37.8 Å². The van der Waals surface area contributed by atoms with E-state index in [4.69, 9.17) is 13.1 Å². The number of nitrogens with zero attached hydrogens (tertiary/aromatic N) is 2. The van der Waals surface area contributed by atoms with Gasteiger partial charge in [0.05, 0.1) is 23.1 Å². The first-order valence-corrected chi connectivity index (χ1v) is 16.2. The van der Waals surface area contributed by atoms with Crippen molar-refractivity contribution in [2.75, 3.05) is 13.2 Å². The summed E-state index contributed by atoms with van der Waals surface area (Å²) in [5, 5.41) is 22.5. The van der Waals surface area contributed by atoms with Crippen LogP contribution < -0.4 is 0 Å². The lowest BCUT2D eigenvalue weighted by Crippen LogP contribution is -2.30. The highest BCUT2D eigenvalue weighted by atomic mass is 32.2. The van der Waals surface area contributed by atoms with Gasteiger partial charge in [-0.15, -0.1) is 0 Å². The Labute approximate surface area is 244 Å². The fraction of sp³-hybridized carbons (Fsp3) is 0.500. The second-order valence-corrected chi connectivity index (χ2v) is 12.3. The number of esters is 1. The Morgan fingerprint density at radius 3 is 1.81 bits per heavy atom. The van der Waals surface area contributed by atoms with Crippen molar-refractivity contribution >= 4 is 37.6 Å². The highest BCUT2D eigenvalue weighted by Crippen LogP contribution is 2.27. The Hall–Kier alpha value is -3.47. The van der Waals surface area contributed by atoms with Crippen LogP contribution in [0.1, 0.15) is 64.7 Å². The van der Waals surface area contributed by atoms with Gasteiger partial charge in [-0.2, -0.15) is 16.8 Å². The standard InChI is InChI=1S/C26H34N2O12S2/c1-2-3-4-5-6-12-19-38-26(29)23(40-42(36,37)25-18-10-8-15-22(25)28(32)33)16-11-13-20-39-41(34,35)24-17-9-7-14-21(24)27(30)31/h7-10,14-15,17-18,23H,2-6,11-13,16,19-20H2,1H3. The average molecular weight is 631 g/mol. The van der Waals surface area contributed by atoms with Crippen molar-refractivity contribution in [2.24, 2.45) is 0 Å². The topological polar surface area (TPSA) is 199 Å². The largest absolute Gasteiger partial charge is 0.464 e. The summed E-state index contributed by atoms with van der Waals surface area (Å²) in [4.78, 5) is 32.2. The van der Waals surface area contributed by atoms with Crippen LogP contribution in [0.2, 0.25) is 0 Å². The number of nitro groups is 2. The molecular formula is C26H34N2O12S2. The van der Waals surface area contributed by atoms with Crippen LogP contribution in [-0.4, -0.2) is 52.0 Å². The maximum Gasteiger partial charge on any atom is 0.336 e. The molecule has 42 heavy (non-hydrogen) atoms. The molecule has 1 unspecified atom stereocenters. The average Bonchev–Trinajstić information content (AvgIpc) is 2.95. The molecule has 14 nitrogen and oxygen atoms in total. The summed E-state index contributed by atoms with van der Waals surface area (Å²) in [6.45, 7) is 1.68. The molecule has 0 fully saturated rings. The van der Waals surface area contributed by atoms with E-state index in [1.54, 1.807) is 0 Å². The number of carbonyl (C=O) groups excluding carboxylic acids is 1. The SMILES string of the molecule is CCCCCCCCOC(=O)C(CCCCOS(=O)(=O)c1ccccc1[N+](=O)[O-])OS(=O)(=O)c1ccccc1[N+](=O)[O-]. The van der Waals surface area contributed by atoms with Crippen LogP contribution in [0, 0.1) is 20.2 Å². The Bertz CT molecular complexity index is 1430. The van der Waals surface area contributed by atoms with Gasteiger partial charge >= 0.3 is 26.2 Å². The molecule has 2 rings (SSSR count). The summed E-state index contributed by atoms with van der Waals surface area (Å²) >= 11 is 0. The number of unbranched alkanes of at least 4 members (excludes halogenated alkanes) is 6. The lowest BCUT2D eigenvalue weighted by Gasteiger charge is -2.17. The highest BCUT2D eigenvalue weighted by molar-refractivity contribution is 7.87. The van der Waals surface area contributed by atoms with Crippen LogP contribution >= 0.6 is 0 Å². The third kappa shape index (κ3) is 10.7. The van der Waals surface area contributed by atoms with Gasteiger partial charge in [0.15, 0.2) is 15.9 Å². The van der Waals surface area contributed by atoms with E-state index >= 15 is 0 Å². The normalized spacial score (nSPS) is 12.5. The summed E-state index contributed by atoms with van der Waals surface area (Å²) in [6.07, 6.45) is 3.62. The van der Waals surface area contributed by atoms with E-state index in [1.807, 2.05) is 0 Å². The van der Waals surface area contributed by atoms with Crippen LogP contribution in [0.3, 0.4) is 0 Å². The third-order valence-corrected chi connectivity index (χ3v) is 8.74. The molecule has 0 bridgehead atoms. The van der Waals surface area contributed by atoms with Crippen LogP contribution in [0.25, 0.3) is 0 Å². The molecule has 0 radical (unpaired) electrons. The number of benzene rings is 2. The van der Waals surface area contributed by atoms with Gasteiger partial charge in [-0.1, -0.05) is 63.3 Å². The Kier molecular flexibility index (Phi) is 13.9. The van der Waals surface area contributed by atoms with Crippen molar-refractivity contribution in [3.63, 3.8) is 0 Å². The molecule has 1 atom stereocenters. The molecule has 0 aliphatic heterocycles. The molecule has 0 saturated heterocycles. The summed E-state index contributed by atoms with van der Waals surface area (Å²) in [5.74, 6) is -0.987. The summed E-state index contributed by atoms with van der Waals surface area (Å²) in [7, 11) is -9.25. The van der Waals surface area contributed by atoms with Crippen molar-refractivity contribution in [3.05, 3.63) is 68.8 Å². The van der Waals surface area contributed by atoms with Crippen molar-refractivity contribution in [1.29, 1.82) is 0 Å². The van der Waals surface area contributed by atoms with E-state index in [0.717, 1.165) is 56.4 Å². The van der Waals surface area contributed by atoms with E-state index in [1.165, 1.54) is 24.3 Å². The minimum Gasteiger partial charge on any atom is -0.464 e. The third-order valence-electron chi connectivity index (χ3n) is 6.01. The Morgan fingerprint density at radius 1 is 0.738 bits per heavy atom. The first kappa shape index (κ1) is 34.7. The lowest BCUT2D eigenvalue weighted by atomic mass is 10.1. The quantitative estimate of drug-likeness (QED) is 0.0620. The second-order valence-electron chi connectivity index (χ2n) is 9.20. The number of para-hydroxylation sites is 2. The molecule has 0 aliphatic rings. The fourth-order valence-corrected chi connectivity index (χ4v) is 6.20. The maximum atomic E-state index is 12.9. The Morgan fingerprint density at radius 2 is 1.24 bits per heavy atom. The van der Waals surface area contributed by atoms with E-state index in [0.29, 0.717) is 6.42 Å². The summed E-state index contributed by atoms with van der Waals surface area (Å²) in [5.41, 5.74) is -1.38. The zero-order valence-electron chi connectivity index (χ0n) is 23.1. The molecular weight excluding hydrogens is 596 g/mol. The van der Waals surface area contributed by atoms with Crippen LogP contribution in [0.5, 0.6) is 0 Å². The first-order chi connectivity index (χ1) is 19.9. The number of hydrogen-bond donors (Lipinski definition) is 0. The number of rotatable bonds is 20. The molecule has 0 amide bonds. The minimum atomic E-state index is -4.77. The predicted octanol–water partition coefficient (Wildman–Crippen LogP) is 5.06.